The number of nitrogens with one attached hydrogen (secondary N) is 2. The lowest BCUT2D eigenvalue weighted by Crippen LogP contribution is -2.51. The third kappa shape index (κ3) is 5.61. The Morgan fingerprint density at radius 2 is 2.27 bits per heavy atom. The molecule has 1 saturated heterocycles. The summed E-state index contributed by atoms with van der Waals surface area (Å²) in [5.74, 6) is 2.37. The number of rotatable bonds is 7. The van der Waals surface area contributed by atoms with Crippen LogP contribution in [0.15, 0.2) is 23.3 Å². The molecule has 1 unspecified atom stereocenters. The van der Waals surface area contributed by atoms with Crippen LogP contribution in [0, 0.1) is 5.92 Å². The fraction of sp³-hybridized carbons (Fsp3) is 0.632. The van der Waals surface area contributed by atoms with Crippen molar-refractivity contribution in [1.82, 2.24) is 20.5 Å². The molecule has 0 bridgehead atoms. The van der Waals surface area contributed by atoms with E-state index in [2.05, 4.69) is 20.6 Å². The van der Waals surface area contributed by atoms with E-state index in [1.54, 1.807) is 11.1 Å². The van der Waals surface area contributed by atoms with Crippen LogP contribution in [0.25, 0.3) is 0 Å². The highest BCUT2D eigenvalue weighted by molar-refractivity contribution is 5.81. The van der Waals surface area contributed by atoms with Gasteiger partial charge in [-0.2, -0.15) is 0 Å². The molecule has 2 N–H and O–H groups in total. The van der Waals surface area contributed by atoms with E-state index in [0.717, 1.165) is 31.1 Å². The quantitative estimate of drug-likeness (QED) is 0.570. The summed E-state index contributed by atoms with van der Waals surface area (Å²) in [4.78, 5) is 22.4. The number of hydrogen-bond acceptors (Lipinski definition) is 4. The van der Waals surface area contributed by atoms with Gasteiger partial charge in [0.05, 0.1) is 13.2 Å². The molecule has 0 aromatic carbocycles. The van der Waals surface area contributed by atoms with E-state index in [1.807, 2.05) is 26.1 Å². The second kappa shape index (κ2) is 8.87. The van der Waals surface area contributed by atoms with Gasteiger partial charge in [-0.25, -0.2) is 9.98 Å². The molecule has 1 aromatic rings. The summed E-state index contributed by atoms with van der Waals surface area (Å²) in [7, 11) is 1.85. The number of aliphatic imine (C=N–C) groups is 1. The zero-order valence-electron chi connectivity index (χ0n) is 15.7. The van der Waals surface area contributed by atoms with E-state index in [4.69, 9.17) is 4.74 Å². The number of carbonyl (C=O) groups is 1. The fourth-order valence-corrected chi connectivity index (χ4v) is 2.93. The molecule has 7 nitrogen and oxygen atoms in total. The van der Waals surface area contributed by atoms with Crippen molar-refractivity contribution in [2.24, 2.45) is 10.9 Å². The Hall–Kier alpha value is -2.31. The van der Waals surface area contributed by atoms with Gasteiger partial charge in [0.25, 0.3) is 0 Å². The number of pyridine rings is 1. The van der Waals surface area contributed by atoms with E-state index in [1.165, 1.54) is 12.8 Å². The van der Waals surface area contributed by atoms with E-state index >= 15 is 0 Å². The average Bonchev–Trinajstić information content (AvgIpc) is 3.46. The van der Waals surface area contributed by atoms with Crippen LogP contribution in [0.3, 0.4) is 0 Å². The van der Waals surface area contributed by atoms with E-state index in [9.17, 15) is 4.79 Å². The Morgan fingerprint density at radius 3 is 3.00 bits per heavy atom. The number of piperidine rings is 1. The Balaban J connectivity index is 1.56. The van der Waals surface area contributed by atoms with Gasteiger partial charge < -0.3 is 20.3 Å². The molecule has 1 amide bonds. The van der Waals surface area contributed by atoms with Crippen molar-refractivity contribution >= 4 is 11.9 Å². The molecule has 2 fully saturated rings. The average molecular weight is 359 g/mol. The normalized spacial score (nSPS) is 20.8. The minimum absolute atomic E-state index is 0.209. The fourth-order valence-electron chi connectivity index (χ4n) is 2.93. The predicted octanol–water partition coefficient (Wildman–Crippen LogP) is 1.55. The van der Waals surface area contributed by atoms with Crippen LogP contribution >= 0.6 is 0 Å². The lowest BCUT2D eigenvalue weighted by atomic mass is 10.1. The van der Waals surface area contributed by atoms with Gasteiger partial charge in [0, 0.05) is 44.9 Å². The van der Waals surface area contributed by atoms with Gasteiger partial charge >= 0.3 is 0 Å². The van der Waals surface area contributed by atoms with Crippen molar-refractivity contribution in [2.45, 2.75) is 45.2 Å². The van der Waals surface area contributed by atoms with Crippen LogP contribution < -0.4 is 15.4 Å². The molecular formula is C19H29N5O2. The zero-order valence-corrected chi connectivity index (χ0v) is 15.7. The van der Waals surface area contributed by atoms with Gasteiger partial charge in [-0.15, -0.1) is 0 Å². The number of nitrogens with zero attached hydrogens (tertiary/aromatic N) is 3. The molecule has 26 heavy (non-hydrogen) atoms. The maximum absolute atomic E-state index is 11.6. The molecule has 1 atom stereocenters. The van der Waals surface area contributed by atoms with E-state index in [0.29, 0.717) is 31.3 Å². The Labute approximate surface area is 155 Å². The number of hydrogen-bond donors (Lipinski definition) is 2. The molecule has 2 aliphatic rings. The van der Waals surface area contributed by atoms with Crippen LogP contribution in [0.2, 0.25) is 0 Å². The number of likely N-dealkylation sites (N-methyl/N-ethyl adjacent to an activating group) is 1. The lowest BCUT2D eigenvalue weighted by Gasteiger charge is -2.31. The van der Waals surface area contributed by atoms with Crippen LogP contribution in [-0.2, 0) is 11.3 Å². The van der Waals surface area contributed by atoms with Crippen molar-refractivity contribution in [2.75, 3.05) is 26.7 Å². The van der Waals surface area contributed by atoms with Crippen molar-refractivity contribution in [3.8, 4) is 5.88 Å². The number of likely N-dealkylation sites (tertiary alicyclic amines) is 1. The number of amides is 1. The Bertz CT molecular complexity index is 645. The van der Waals surface area contributed by atoms with Crippen LogP contribution in [0.5, 0.6) is 5.88 Å². The summed E-state index contributed by atoms with van der Waals surface area (Å²) in [6.07, 6.45) is 5.73. The Kier molecular flexibility index (Phi) is 6.30. The molecular weight excluding hydrogens is 330 g/mol. The maximum atomic E-state index is 11.6. The minimum Gasteiger partial charge on any atom is -0.477 e. The predicted molar refractivity (Wildman–Crippen MR) is 101 cm³/mol. The standard InChI is InChI=1S/C19H29N5O2/c1-3-20-19(23-16-6-7-18(25)24(2)12-16)22-11-15-8-9-21-17(10-15)26-13-14-4-5-14/h8-10,14,16H,3-7,11-13H2,1-2H3,(H2,20,22,23). The van der Waals surface area contributed by atoms with Crippen molar-refractivity contribution in [3.63, 3.8) is 0 Å². The van der Waals surface area contributed by atoms with Gasteiger partial charge in [-0.1, -0.05) is 0 Å². The molecule has 1 aliphatic heterocycles. The summed E-state index contributed by atoms with van der Waals surface area (Å²) in [5, 5.41) is 6.72. The lowest BCUT2D eigenvalue weighted by molar-refractivity contribution is -0.132. The first-order valence-electron chi connectivity index (χ1n) is 9.50. The Morgan fingerprint density at radius 1 is 1.42 bits per heavy atom. The van der Waals surface area contributed by atoms with E-state index < -0.39 is 0 Å². The monoisotopic (exact) mass is 359 g/mol. The third-order valence-corrected chi connectivity index (χ3v) is 4.69. The molecule has 1 saturated carbocycles. The van der Waals surface area contributed by atoms with Crippen LogP contribution in [-0.4, -0.2) is 54.5 Å². The second-order valence-corrected chi connectivity index (χ2v) is 7.11. The summed E-state index contributed by atoms with van der Waals surface area (Å²) in [6, 6.07) is 4.15. The topological polar surface area (TPSA) is 78.9 Å². The summed E-state index contributed by atoms with van der Waals surface area (Å²) in [6.45, 7) is 4.86. The first kappa shape index (κ1) is 18.5. The summed E-state index contributed by atoms with van der Waals surface area (Å²) >= 11 is 0. The molecule has 2 heterocycles. The first-order chi connectivity index (χ1) is 12.6. The smallest absolute Gasteiger partial charge is 0.222 e. The van der Waals surface area contributed by atoms with Gasteiger partial charge in [0.15, 0.2) is 5.96 Å². The summed E-state index contributed by atoms with van der Waals surface area (Å²) in [5.41, 5.74) is 1.07. The van der Waals surface area contributed by atoms with Crippen molar-refractivity contribution in [3.05, 3.63) is 23.9 Å². The highest BCUT2D eigenvalue weighted by Gasteiger charge is 2.23. The van der Waals surface area contributed by atoms with Crippen molar-refractivity contribution < 1.29 is 9.53 Å². The highest BCUT2D eigenvalue weighted by atomic mass is 16.5. The number of ether oxygens (including phenoxy) is 1. The SMILES string of the molecule is CCNC(=NCc1ccnc(OCC2CC2)c1)NC1CCC(=O)N(C)C1. The molecule has 142 valence electrons. The highest BCUT2D eigenvalue weighted by Crippen LogP contribution is 2.29. The van der Waals surface area contributed by atoms with Crippen LogP contribution in [0.1, 0.15) is 38.2 Å². The third-order valence-electron chi connectivity index (χ3n) is 4.69. The largest absolute Gasteiger partial charge is 0.477 e. The van der Waals surface area contributed by atoms with Gasteiger partial charge in [0.2, 0.25) is 11.8 Å². The molecule has 0 radical (unpaired) electrons. The molecule has 0 spiro atoms. The molecule has 7 heteroatoms. The van der Waals surface area contributed by atoms with E-state index in [-0.39, 0.29) is 11.9 Å². The number of carbonyl (C=O) groups excluding carboxylic acids is 1. The zero-order chi connectivity index (χ0) is 18.4. The van der Waals surface area contributed by atoms with Gasteiger partial charge in [-0.3, -0.25) is 4.79 Å². The number of guanidine groups is 1. The van der Waals surface area contributed by atoms with Gasteiger partial charge in [-0.05, 0) is 43.7 Å². The van der Waals surface area contributed by atoms with Crippen LogP contribution in [0.4, 0.5) is 0 Å². The molecule has 1 aromatic heterocycles. The first-order valence-corrected chi connectivity index (χ1v) is 9.50. The van der Waals surface area contributed by atoms with Gasteiger partial charge in [0.1, 0.15) is 0 Å². The maximum Gasteiger partial charge on any atom is 0.222 e. The number of aromatic nitrogens is 1. The second-order valence-electron chi connectivity index (χ2n) is 7.11. The summed E-state index contributed by atoms with van der Waals surface area (Å²) < 4.78 is 5.74. The minimum atomic E-state index is 0.209. The molecule has 3 rings (SSSR count). The molecule has 1 aliphatic carbocycles. The van der Waals surface area contributed by atoms with Crippen molar-refractivity contribution in [1.29, 1.82) is 0 Å².